The highest BCUT2D eigenvalue weighted by Crippen LogP contribution is 2.24. The molecule has 2 fully saturated rings. The van der Waals surface area contributed by atoms with E-state index in [2.05, 4.69) is 25.8 Å². The van der Waals surface area contributed by atoms with Crippen LogP contribution in [0.5, 0.6) is 0 Å². The summed E-state index contributed by atoms with van der Waals surface area (Å²) in [6.07, 6.45) is 3.93. The van der Waals surface area contributed by atoms with E-state index in [0.717, 1.165) is 55.5 Å². The molecule has 2 aromatic rings. The molecular formula is C20H28N6O2. The second kappa shape index (κ2) is 7.87. The number of nitrogens with zero attached hydrogens (tertiary/aromatic N) is 3. The predicted octanol–water partition coefficient (Wildman–Crippen LogP) is 1.30. The van der Waals surface area contributed by atoms with Gasteiger partial charge in [-0.2, -0.15) is 5.10 Å². The van der Waals surface area contributed by atoms with E-state index in [1.165, 1.54) is 0 Å². The summed E-state index contributed by atoms with van der Waals surface area (Å²) in [5.74, 6) is 0.391. The fraction of sp³-hybridized carbons (Fsp3) is 0.600. The SMILES string of the molecule is Cc1cc(C(=O)N2CCCC(CNC(=O)C3CCCN3)C2)c2c(C)[nH]nc2n1. The summed E-state index contributed by atoms with van der Waals surface area (Å²) in [5.41, 5.74) is 2.89. The zero-order valence-electron chi connectivity index (χ0n) is 16.5. The zero-order valence-corrected chi connectivity index (χ0v) is 16.5. The van der Waals surface area contributed by atoms with E-state index in [9.17, 15) is 9.59 Å². The van der Waals surface area contributed by atoms with Crippen LogP contribution in [0.1, 0.15) is 47.4 Å². The average Bonchev–Trinajstić information content (AvgIpc) is 3.36. The molecule has 2 unspecified atom stereocenters. The number of hydrogen-bond donors (Lipinski definition) is 3. The largest absolute Gasteiger partial charge is 0.354 e. The van der Waals surface area contributed by atoms with Crippen molar-refractivity contribution in [3.05, 3.63) is 23.0 Å². The molecule has 0 spiro atoms. The standard InChI is InChI=1S/C20H28N6O2/c1-12-9-15(17-13(2)24-25-18(17)23-12)20(28)26-8-4-5-14(11-26)10-22-19(27)16-6-3-7-21-16/h9,14,16,21H,3-8,10-11H2,1-2H3,(H,22,27)(H,23,24,25). The van der Waals surface area contributed by atoms with Crippen LogP contribution < -0.4 is 10.6 Å². The van der Waals surface area contributed by atoms with Crippen molar-refractivity contribution >= 4 is 22.8 Å². The molecule has 2 atom stereocenters. The van der Waals surface area contributed by atoms with Gasteiger partial charge in [-0.05, 0) is 58.1 Å². The lowest BCUT2D eigenvalue weighted by atomic mass is 9.96. The van der Waals surface area contributed by atoms with Crippen molar-refractivity contribution in [3.63, 3.8) is 0 Å². The van der Waals surface area contributed by atoms with Crippen LogP contribution in [-0.2, 0) is 4.79 Å². The molecule has 150 valence electrons. The van der Waals surface area contributed by atoms with Crippen molar-refractivity contribution < 1.29 is 9.59 Å². The normalized spacial score (nSPS) is 22.6. The van der Waals surface area contributed by atoms with Gasteiger partial charge in [-0.1, -0.05) is 0 Å². The second-order valence-corrected chi connectivity index (χ2v) is 8.01. The first-order valence-corrected chi connectivity index (χ1v) is 10.2. The van der Waals surface area contributed by atoms with Crippen LogP contribution in [0.15, 0.2) is 6.07 Å². The number of pyridine rings is 1. The highest BCUT2D eigenvalue weighted by atomic mass is 16.2. The maximum Gasteiger partial charge on any atom is 0.254 e. The minimum Gasteiger partial charge on any atom is -0.354 e. The highest BCUT2D eigenvalue weighted by Gasteiger charge is 2.28. The third-order valence-corrected chi connectivity index (χ3v) is 5.81. The van der Waals surface area contributed by atoms with Crippen molar-refractivity contribution in [3.8, 4) is 0 Å². The predicted molar refractivity (Wildman–Crippen MR) is 106 cm³/mol. The fourth-order valence-electron chi connectivity index (χ4n) is 4.33. The minimum atomic E-state index is -0.0570. The first kappa shape index (κ1) is 18.9. The summed E-state index contributed by atoms with van der Waals surface area (Å²) in [6, 6.07) is 1.79. The monoisotopic (exact) mass is 384 g/mol. The molecule has 2 amide bonds. The third kappa shape index (κ3) is 3.73. The van der Waals surface area contributed by atoms with Crippen LogP contribution in [-0.4, -0.2) is 64.1 Å². The maximum atomic E-state index is 13.3. The number of H-pyrrole nitrogens is 1. The van der Waals surface area contributed by atoms with Crippen molar-refractivity contribution in [1.29, 1.82) is 0 Å². The Bertz CT molecular complexity index is 886. The van der Waals surface area contributed by atoms with E-state index in [-0.39, 0.29) is 23.8 Å². The number of piperidine rings is 1. The summed E-state index contributed by atoms with van der Waals surface area (Å²) < 4.78 is 0. The van der Waals surface area contributed by atoms with Crippen molar-refractivity contribution in [2.45, 2.75) is 45.6 Å². The Balaban J connectivity index is 1.44. The molecule has 2 aliphatic heterocycles. The zero-order chi connectivity index (χ0) is 19.7. The van der Waals surface area contributed by atoms with Crippen LogP contribution in [0.4, 0.5) is 0 Å². The quantitative estimate of drug-likeness (QED) is 0.737. The number of rotatable bonds is 4. The molecule has 0 aliphatic carbocycles. The number of likely N-dealkylation sites (tertiary alicyclic amines) is 1. The minimum absolute atomic E-state index is 0.0217. The highest BCUT2D eigenvalue weighted by molar-refractivity contribution is 6.06. The Morgan fingerprint density at radius 3 is 2.93 bits per heavy atom. The van der Waals surface area contributed by atoms with Gasteiger partial charge in [0.2, 0.25) is 5.91 Å². The number of aromatic amines is 1. The molecule has 8 heteroatoms. The van der Waals surface area contributed by atoms with Gasteiger partial charge in [0.1, 0.15) is 0 Å². The Morgan fingerprint density at radius 1 is 1.29 bits per heavy atom. The van der Waals surface area contributed by atoms with Crippen LogP contribution >= 0.6 is 0 Å². The summed E-state index contributed by atoms with van der Waals surface area (Å²) in [6.45, 7) is 6.73. The molecule has 3 N–H and O–H groups in total. The lowest BCUT2D eigenvalue weighted by molar-refractivity contribution is -0.123. The van der Waals surface area contributed by atoms with Gasteiger partial charge in [0.05, 0.1) is 17.0 Å². The third-order valence-electron chi connectivity index (χ3n) is 5.81. The molecule has 0 bridgehead atoms. The van der Waals surface area contributed by atoms with Gasteiger partial charge in [-0.15, -0.1) is 0 Å². The summed E-state index contributed by atoms with van der Waals surface area (Å²) in [7, 11) is 0. The number of carbonyl (C=O) groups is 2. The first-order valence-electron chi connectivity index (χ1n) is 10.2. The van der Waals surface area contributed by atoms with E-state index in [1.54, 1.807) is 0 Å². The van der Waals surface area contributed by atoms with Gasteiger partial charge in [0.15, 0.2) is 5.65 Å². The van der Waals surface area contributed by atoms with E-state index in [0.29, 0.717) is 24.3 Å². The summed E-state index contributed by atoms with van der Waals surface area (Å²) >= 11 is 0. The molecular weight excluding hydrogens is 356 g/mol. The summed E-state index contributed by atoms with van der Waals surface area (Å²) in [5, 5.41) is 14.2. The Labute approximate surface area is 164 Å². The first-order chi connectivity index (χ1) is 13.5. The lowest BCUT2D eigenvalue weighted by Gasteiger charge is -2.33. The van der Waals surface area contributed by atoms with E-state index < -0.39 is 0 Å². The molecule has 0 saturated carbocycles. The molecule has 8 nitrogen and oxygen atoms in total. The molecule has 28 heavy (non-hydrogen) atoms. The second-order valence-electron chi connectivity index (χ2n) is 8.01. The van der Waals surface area contributed by atoms with Crippen LogP contribution in [0.3, 0.4) is 0 Å². The average molecular weight is 384 g/mol. The lowest BCUT2D eigenvalue weighted by Crippen LogP contribution is -2.46. The summed E-state index contributed by atoms with van der Waals surface area (Å²) in [4.78, 5) is 31.8. The molecule has 2 aromatic heterocycles. The van der Waals surface area contributed by atoms with Crippen molar-refractivity contribution in [2.75, 3.05) is 26.2 Å². The number of nitrogens with one attached hydrogen (secondary N) is 3. The van der Waals surface area contributed by atoms with Crippen molar-refractivity contribution in [1.82, 2.24) is 30.7 Å². The van der Waals surface area contributed by atoms with Gasteiger partial charge < -0.3 is 15.5 Å². The molecule has 0 aromatic carbocycles. The Hall–Kier alpha value is -2.48. The van der Waals surface area contributed by atoms with Gasteiger partial charge in [-0.25, -0.2) is 4.98 Å². The number of aryl methyl sites for hydroxylation is 2. The fourth-order valence-corrected chi connectivity index (χ4v) is 4.33. The molecule has 2 aliphatic rings. The number of aromatic nitrogens is 3. The van der Waals surface area contributed by atoms with Gasteiger partial charge >= 0.3 is 0 Å². The Morgan fingerprint density at radius 2 is 2.14 bits per heavy atom. The van der Waals surface area contributed by atoms with Gasteiger partial charge in [-0.3, -0.25) is 14.7 Å². The molecule has 2 saturated heterocycles. The van der Waals surface area contributed by atoms with E-state index in [4.69, 9.17) is 0 Å². The Kier molecular flexibility index (Phi) is 5.30. The van der Waals surface area contributed by atoms with Crippen molar-refractivity contribution in [2.24, 2.45) is 5.92 Å². The van der Waals surface area contributed by atoms with Crippen LogP contribution in [0.2, 0.25) is 0 Å². The molecule has 4 heterocycles. The topological polar surface area (TPSA) is 103 Å². The number of carbonyl (C=O) groups excluding carboxylic acids is 2. The smallest absolute Gasteiger partial charge is 0.254 e. The molecule has 4 rings (SSSR count). The van der Waals surface area contributed by atoms with Gasteiger partial charge in [0.25, 0.3) is 5.91 Å². The van der Waals surface area contributed by atoms with Crippen LogP contribution in [0.25, 0.3) is 11.0 Å². The van der Waals surface area contributed by atoms with E-state index in [1.807, 2.05) is 24.8 Å². The number of hydrogen-bond acceptors (Lipinski definition) is 5. The van der Waals surface area contributed by atoms with Crippen LogP contribution in [0, 0.1) is 19.8 Å². The van der Waals surface area contributed by atoms with Gasteiger partial charge in [0, 0.05) is 31.0 Å². The maximum absolute atomic E-state index is 13.3. The number of amides is 2. The number of fused-ring (bicyclic) bond motifs is 1. The van der Waals surface area contributed by atoms with E-state index >= 15 is 0 Å². The molecule has 0 radical (unpaired) electrons.